The zero-order chi connectivity index (χ0) is 27.0. The number of para-hydroxylation sites is 1. The Labute approximate surface area is 219 Å². The number of aryl methyl sites for hydroxylation is 3. The van der Waals surface area contributed by atoms with Crippen LogP contribution in [0.15, 0.2) is 87.0 Å². The monoisotopic (exact) mass is 530 g/mol. The van der Waals surface area contributed by atoms with E-state index in [2.05, 4.69) is 9.71 Å². The van der Waals surface area contributed by atoms with Crippen LogP contribution < -0.4 is 15.1 Å². The van der Waals surface area contributed by atoms with Crippen molar-refractivity contribution >= 4 is 37.9 Å². The van der Waals surface area contributed by atoms with E-state index in [9.17, 15) is 18.0 Å². The molecule has 2 aromatic heterocycles. The summed E-state index contributed by atoms with van der Waals surface area (Å²) in [5.74, 6) is -0.604. The molecule has 194 valence electrons. The van der Waals surface area contributed by atoms with E-state index >= 15 is 0 Å². The number of sulfonamides is 1. The molecule has 0 saturated heterocycles. The molecule has 0 fully saturated rings. The summed E-state index contributed by atoms with van der Waals surface area (Å²) in [7, 11) is -4.06. The summed E-state index contributed by atoms with van der Waals surface area (Å²) in [6.07, 6.45) is 1.80. The number of hydrogen-bond acceptors (Lipinski definition) is 6. The lowest BCUT2D eigenvalue weighted by atomic mass is 10.1. The number of hydrogen-bond donors (Lipinski definition) is 2. The van der Waals surface area contributed by atoms with Gasteiger partial charge in [-0.1, -0.05) is 35.9 Å². The maximum absolute atomic E-state index is 13.6. The van der Waals surface area contributed by atoms with Gasteiger partial charge in [0, 0.05) is 29.6 Å². The number of nitrogens with one attached hydrogen (secondary N) is 2. The standard InChI is InChI=1S/C29H26N2O6S/c1-17-8-10-21(11-9-17)38(34,35)31-24(15-20-16-30-23-7-5-4-6-22(20)23)29(33)37-26-13-18(2)12-25-28(26)19(3)14-27(32)36-25/h4-14,16,24,30-31H,15H2,1-3H3. The molecule has 0 amide bonds. The molecule has 1 atom stereocenters. The van der Waals surface area contributed by atoms with Crippen LogP contribution in [0, 0.1) is 20.8 Å². The van der Waals surface area contributed by atoms with Gasteiger partial charge < -0.3 is 14.1 Å². The minimum atomic E-state index is -4.06. The summed E-state index contributed by atoms with van der Waals surface area (Å²) in [4.78, 5) is 28.7. The number of ether oxygens (including phenoxy) is 1. The first-order valence-corrected chi connectivity index (χ1v) is 13.5. The minimum Gasteiger partial charge on any atom is -0.425 e. The lowest BCUT2D eigenvalue weighted by Gasteiger charge is -2.19. The summed E-state index contributed by atoms with van der Waals surface area (Å²) in [5, 5.41) is 1.34. The van der Waals surface area contributed by atoms with E-state index in [0.29, 0.717) is 16.5 Å². The Hall–Kier alpha value is -4.21. The van der Waals surface area contributed by atoms with Gasteiger partial charge in [-0.25, -0.2) is 18.0 Å². The number of esters is 1. The van der Waals surface area contributed by atoms with Crippen molar-refractivity contribution in [2.45, 2.75) is 38.1 Å². The molecule has 0 aliphatic heterocycles. The van der Waals surface area contributed by atoms with Crippen molar-refractivity contribution in [1.82, 2.24) is 9.71 Å². The summed E-state index contributed by atoms with van der Waals surface area (Å²) in [6.45, 7) is 5.36. The molecule has 0 saturated carbocycles. The van der Waals surface area contributed by atoms with Crippen molar-refractivity contribution in [3.8, 4) is 5.75 Å². The second kappa shape index (κ2) is 9.92. The molecule has 0 aliphatic carbocycles. The Morgan fingerprint density at radius 3 is 2.50 bits per heavy atom. The van der Waals surface area contributed by atoms with E-state index in [-0.39, 0.29) is 22.6 Å². The number of H-pyrrole nitrogens is 1. The average molecular weight is 531 g/mol. The second-order valence-corrected chi connectivity index (χ2v) is 11.1. The number of fused-ring (bicyclic) bond motifs is 2. The van der Waals surface area contributed by atoms with Crippen LogP contribution in [0.25, 0.3) is 21.9 Å². The van der Waals surface area contributed by atoms with Crippen LogP contribution in [0.3, 0.4) is 0 Å². The number of carbonyl (C=O) groups excluding carboxylic acids is 1. The van der Waals surface area contributed by atoms with Crippen molar-refractivity contribution in [2.75, 3.05) is 0 Å². The highest BCUT2D eigenvalue weighted by Gasteiger charge is 2.29. The fourth-order valence-electron chi connectivity index (χ4n) is 4.50. The summed E-state index contributed by atoms with van der Waals surface area (Å²) in [6, 6.07) is 17.3. The Balaban J connectivity index is 1.54. The fraction of sp³-hybridized carbons (Fsp3) is 0.172. The van der Waals surface area contributed by atoms with Gasteiger partial charge in [0.1, 0.15) is 17.4 Å². The number of benzene rings is 3. The Morgan fingerprint density at radius 1 is 1.00 bits per heavy atom. The predicted molar refractivity (Wildman–Crippen MR) is 145 cm³/mol. The predicted octanol–water partition coefficient (Wildman–Crippen LogP) is 4.69. The number of aromatic amines is 1. The quantitative estimate of drug-likeness (QED) is 0.179. The van der Waals surface area contributed by atoms with Gasteiger partial charge >= 0.3 is 11.6 Å². The van der Waals surface area contributed by atoms with E-state index < -0.39 is 27.7 Å². The van der Waals surface area contributed by atoms with E-state index in [1.165, 1.54) is 18.2 Å². The van der Waals surface area contributed by atoms with Gasteiger partial charge in [-0.15, -0.1) is 0 Å². The van der Waals surface area contributed by atoms with Gasteiger partial charge in [0.05, 0.1) is 10.3 Å². The van der Waals surface area contributed by atoms with Crippen LogP contribution in [-0.2, 0) is 21.2 Å². The highest BCUT2D eigenvalue weighted by atomic mass is 32.2. The van der Waals surface area contributed by atoms with E-state index in [1.807, 2.05) is 31.2 Å². The largest absolute Gasteiger partial charge is 0.425 e. The molecule has 0 aliphatic rings. The average Bonchev–Trinajstić information content (AvgIpc) is 3.26. The molecule has 0 bridgehead atoms. The van der Waals surface area contributed by atoms with Gasteiger partial charge in [0.25, 0.3) is 0 Å². The maximum atomic E-state index is 13.6. The first-order chi connectivity index (χ1) is 18.1. The molecule has 3 aromatic carbocycles. The smallest absolute Gasteiger partial charge is 0.336 e. The third-order valence-corrected chi connectivity index (χ3v) is 7.86. The Bertz CT molecular complexity index is 1840. The molecular formula is C29H26N2O6S. The highest BCUT2D eigenvalue weighted by Crippen LogP contribution is 2.30. The van der Waals surface area contributed by atoms with Crippen LogP contribution in [0.4, 0.5) is 0 Å². The zero-order valence-corrected chi connectivity index (χ0v) is 21.9. The summed E-state index contributed by atoms with van der Waals surface area (Å²) >= 11 is 0. The Morgan fingerprint density at radius 2 is 1.74 bits per heavy atom. The zero-order valence-electron chi connectivity index (χ0n) is 21.1. The topological polar surface area (TPSA) is 118 Å². The van der Waals surface area contributed by atoms with Gasteiger partial charge in [0.2, 0.25) is 10.0 Å². The van der Waals surface area contributed by atoms with Crippen LogP contribution in [0.5, 0.6) is 5.75 Å². The van der Waals surface area contributed by atoms with Gasteiger partial charge in [-0.2, -0.15) is 4.72 Å². The van der Waals surface area contributed by atoms with Crippen molar-refractivity contribution < 1.29 is 22.4 Å². The van der Waals surface area contributed by atoms with E-state index in [4.69, 9.17) is 9.15 Å². The van der Waals surface area contributed by atoms with Crippen molar-refractivity contribution in [1.29, 1.82) is 0 Å². The third kappa shape index (κ3) is 5.11. The molecule has 38 heavy (non-hydrogen) atoms. The van der Waals surface area contributed by atoms with Crippen LogP contribution in [0.1, 0.15) is 22.3 Å². The summed E-state index contributed by atoms with van der Waals surface area (Å²) < 4.78 is 40.3. The molecule has 0 radical (unpaired) electrons. The lowest BCUT2D eigenvalue weighted by molar-refractivity contribution is -0.136. The molecule has 1 unspecified atom stereocenters. The molecule has 2 N–H and O–H groups in total. The molecule has 0 spiro atoms. The Kier molecular flexibility index (Phi) is 6.64. The van der Waals surface area contributed by atoms with Gasteiger partial charge in [-0.3, -0.25) is 0 Å². The van der Waals surface area contributed by atoms with Crippen molar-refractivity contribution in [3.05, 3.63) is 106 Å². The van der Waals surface area contributed by atoms with Crippen molar-refractivity contribution in [2.24, 2.45) is 0 Å². The minimum absolute atomic E-state index is 0.0402. The van der Waals surface area contributed by atoms with Crippen molar-refractivity contribution in [3.63, 3.8) is 0 Å². The molecule has 5 aromatic rings. The third-order valence-electron chi connectivity index (χ3n) is 6.37. The molecular weight excluding hydrogens is 504 g/mol. The summed E-state index contributed by atoms with van der Waals surface area (Å²) in [5.41, 5.74) is 3.59. The maximum Gasteiger partial charge on any atom is 0.336 e. The number of carbonyl (C=O) groups is 1. The molecule has 8 nitrogen and oxygen atoms in total. The first-order valence-electron chi connectivity index (χ1n) is 12.0. The SMILES string of the molecule is Cc1ccc(S(=O)(=O)NC(Cc2c[nH]c3ccccc23)C(=O)Oc2cc(C)cc3oc(=O)cc(C)c23)cc1. The molecule has 5 rings (SSSR count). The van der Waals surface area contributed by atoms with Crippen LogP contribution in [-0.4, -0.2) is 25.4 Å². The normalized spacial score (nSPS) is 12.6. The number of rotatable bonds is 7. The first kappa shape index (κ1) is 25.4. The van der Waals surface area contributed by atoms with Gasteiger partial charge in [-0.05, 0) is 67.8 Å². The lowest BCUT2D eigenvalue weighted by Crippen LogP contribution is -2.44. The number of aromatic nitrogens is 1. The van der Waals surface area contributed by atoms with Gasteiger partial charge in [0.15, 0.2) is 0 Å². The second-order valence-electron chi connectivity index (χ2n) is 9.36. The molecule has 9 heteroatoms. The van der Waals surface area contributed by atoms with Crippen LogP contribution in [0.2, 0.25) is 0 Å². The fourth-order valence-corrected chi connectivity index (χ4v) is 5.69. The van der Waals surface area contributed by atoms with E-state index in [1.54, 1.807) is 44.3 Å². The molecule has 2 heterocycles. The van der Waals surface area contributed by atoms with Crippen LogP contribution >= 0.6 is 0 Å². The highest BCUT2D eigenvalue weighted by molar-refractivity contribution is 7.89. The van der Waals surface area contributed by atoms with E-state index in [0.717, 1.165) is 22.0 Å².